The molecule has 1 N–H and O–H groups in total. The number of hydrogen-bond donors (Lipinski definition) is 1. The largest absolute Gasteiger partial charge is 0.465 e. The molecule has 1 heterocycles. The van der Waals surface area contributed by atoms with Crippen molar-refractivity contribution in [1.29, 1.82) is 0 Å². The lowest BCUT2D eigenvalue weighted by atomic mass is 10.1. The van der Waals surface area contributed by atoms with E-state index in [0.717, 1.165) is 6.26 Å². The summed E-state index contributed by atoms with van der Waals surface area (Å²) in [4.78, 5) is 14.1. The average Bonchev–Trinajstić information content (AvgIpc) is 2.70. The van der Waals surface area contributed by atoms with Crippen molar-refractivity contribution in [2.24, 2.45) is 0 Å². The molecular weight excluding hydrogens is 242 g/mol. The molecule has 0 radical (unpaired) electrons. The standard InChI is InChI=1S/C11H11NO4S/c1-16-11(13)7-3-4-9-8(5-7)6-10(12-9)17(2,14)15/h3-6,12H,1-2H3. The zero-order valence-corrected chi connectivity index (χ0v) is 10.2. The summed E-state index contributed by atoms with van der Waals surface area (Å²) >= 11 is 0. The number of carbonyl (C=O) groups is 1. The Morgan fingerprint density at radius 1 is 1.29 bits per heavy atom. The molecule has 0 saturated carbocycles. The van der Waals surface area contributed by atoms with Gasteiger partial charge in [0.05, 0.1) is 12.7 Å². The number of sulfone groups is 1. The van der Waals surface area contributed by atoms with Crippen LogP contribution in [-0.4, -0.2) is 32.7 Å². The molecule has 0 atom stereocenters. The monoisotopic (exact) mass is 253 g/mol. The van der Waals surface area contributed by atoms with Gasteiger partial charge in [-0.15, -0.1) is 0 Å². The molecule has 1 aromatic carbocycles. The SMILES string of the molecule is COC(=O)c1ccc2[nH]c(S(C)(=O)=O)cc2c1. The highest BCUT2D eigenvalue weighted by Gasteiger charge is 2.12. The molecule has 0 aliphatic heterocycles. The van der Waals surface area contributed by atoms with Crippen LogP contribution in [0, 0.1) is 0 Å². The van der Waals surface area contributed by atoms with E-state index < -0.39 is 15.8 Å². The third kappa shape index (κ3) is 2.16. The van der Waals surface area contributed by atoms with E-state index in [1.807, 2.05) is 0 Å². The quantitative estimate of drug-likeness (QED) is 0.820. The Morgan fingerprint density at radius 2 is 2.00 bits per heavy atom. The van der Waals surface area contributed by atoms with Crippen molar-refractivity contribution in [3.05, 3.63) is 29.8 Å². The van der Waals surface area contributed by atoms with E-state index in [1.165, 1.54) is 13.2 Å². The maximum absolute atomic E-state index is 11.4. The fourth-order valence-electron chi connectivity index (χ4n) is 1.55. The molecule has 17 heavy (non-hydrogen) atoms. The Labute approximate surface area is 98.3 Å². The van der Waals surface area contributed by atoms with Gasteiger partial charge in [0.1, 0.15) is 5.03 Å². The number of nitrogens with one attached hydrogen (secondary N) is 1. The van der Waals surface area contributed by atoms with Gasteiger partial charge in [0.2, 0.25) is 0 Å². The van der Waals surface area contributed by atoms with Gasteiger partial charge in [-0.2, -0.15) is 0 Å². The van der Waals surface area contributed by atoms with Gasteiger partial charge in [0, 0.05) is 17.2 Å². The first-order chi connectivity index (χ1) is 7.91. The summed E-state index contributed by atoms with van der Waals surface area (Å²) in [6.07, 6.45) is 1.12. The van der Waals surface area contributed by atoms with Gasteiger partial charge in [-0.1, -0.05) is 0 Å². The van der Waals surface area contributed by atoms with Crippen molar-refractivity contribution in [1.82, 2.24) is 4.98 Å². The summed E-state index contributed by atoms with van der Waals surface area (Å²) in [5.74, 6) is -0.450. The Balaban J connectivity index is 2.60. The fraction of sp³-hybridized carbons (Fsp3) is 0.182. The number of H-pyrrole nitrogens is 1. The topological polar surface area (TPSA) is 76.2 Å². The Morgan fingerprint density at radius 3 is 2.59 bits per heavy atom. The maximum atomic E-state index is 11.4. The van der Waals surface area contributed by atoms with Crippen LogP contribution < -0.4 is 0 Å². The fourth-order valence-corrected chi connectivity index (χ4v) is 2.19. The molecule has 2 aromatic rings. The maximum Gasteiger partial charge on any atom is 0.337 e. The second-order valence-electron chi connectivity index (χ2n) is 3.70. The number of hydrogen-bond acceptors (Lipinski definition) is 4. The van der Waals surface area contributed by atoms with Crippen LogP contribution in [0.3, 0.4) is 0 Å². The summed E-state index contributed by atoms with van der Waals surface area (Å²) in [6.45, 7) is 0. The van der Waals surface area contributed by atoms with Crippen molar-refractivity contribution < 1.29 is 17.9 Å². The number of ether oxygens (including phenoxy) is 1. The van der Waals surface area contributed by atoms with E-state index in [4.69, 9.17) is 0 Å². The van der Waals surface area contributed by atoms with E-state index in [1.54, 1.807) is 18.2 Å². The van der Waals surface area contributed by atoms with Gasteiger partial charge in [-0.3, -0.25) is 0 Å². The van der Waals surface area contributed by atoms with E-state index in [0.29, 0.717) is 16.5 Å². The molecule has 0 amide bonds. The lowest BCUT2D eigenvalue weighted by Gasteiger charge is -1.98. The van der Waals surface area contributed by atoms with Crippen LogP contribution in [0.15, 0.2) is 29.3 Å². The summed E-state index contributed by atoms with van der Waals surface area (Å²) < 4.78 is 27.3. The Hall–Kier alpha value is -1.82. The van der Waals surface area contributed by atoms with Crippen molar-refractivity contribution in [2.75, 3.05) is 13.4 Å². The molecule has 90 valence electrons. The predicted octanol–water partition coefficient (Wildman–Crippen LogP) is 1.36. The number of carbonyl (C=O) groups excluding carboxylic acids is 1. The minimum Gasteiger partial charge on any atom is -0.465 e. The van der Waals surface area contributed by atoms with Crippen LogP contribution in [-0.2, 0) is 14.6 Å². The molecule has 0 bridgehead atoms. The highest BCUT2D eigenvalue weighted by Crippen LogP contribution is 2.20. The smallest absolute Gasteiger partial charge is 0.337 e. The number of aromatic amines is 1. The zero-order valence-electron chi connectivity index (χ0n) is 9.35. The van der Waals surface area contributed by atoms with E-state index >= 15 is 0 Å². The van der Waals surface area contributed by atoms with Crippen LogP contribution in [0.4, 0.5) is 0 Å². The third-order valence-electron chi connectivity index (χ3n) is 2.42. The van der Waals surface area contributed by atoms with Gasteiger partial charge >= 0.3 is 5.97 Å². The van der Waals surface area contributed by atoms with Gasteiger partial charge in [-0.05, 0) is 24.3 Å². The van der Waals surface area contributed by atoms with Crippen molar-refractivity contribution >= 4 is 26.7 Å². The Bertz CT molecular complexity index is 685. The van der Waals surface area contributed by atoms with E-state index in [-0.39, 0.29) is 5.03 Å². The summed E-state index contributed by atoms with van der Waals surface area (Å²) in [6, 6.07) is 6.32. The number of methoxy groups -OCH3 is 1. The lowest BCUT2D eigenvalue weighted by Crippen LogP contribution is -2.00. The normalized spacial score (nSPS) is 11.6. The predicted molar refractivity (Wildman–Crippen MR) is 62.7 cm³/mol. The van der Waals surface area contributed by atoms with Crippen LogP contribution >= 0.6 is 0 Å². The number of aromatic nitrogens is 1. The first-order valence-corrected chi connectivity index (χ1v) is 6.72. The number of fused-ring (bicyclic) bond motifs is 1. The first kappa shape index (κ1) is 11.7. The second-order valence-corrected chi connectivity index (χ2v) is 5.68. The van der Waals surface area contributed by atoms with Gasteiger partial charge in [0.25, 0.3) is 0 Å². The molecule has 0 unspecified atom stereocenters. The molecule has 2 rings (SSSR count). The van der Waals surface area contributed by atoms with Crippen molar-refractivity contribution in [3.8, 4) is 0 Å². The van der Waals surface area contributed by atoms with Crippen molar-refractivity contribution in [3.63, 3.8) is 0 Å². The molecule has 1 aromatic heterocycles. The number of esters is 1. The highest BCUT2D eigenvalue weighted by molar-refractivity contribution is 7.90. The third-order valence-corrected chi connectivity index (χ3v) is 3.44. The molecular formula is C11H11NO4S. The zero-order chi connectivity index (χ0) is 12.6. The summed E-state index contributed by atoms with van der Waals surface area (Å²) in [7, 11) is -1.98. The van der Waals surface area contributed by atoms with Crippen LogP contribution in [0.5, 0.6) is 0 Å². The summed E-state index contributed by atoms with van der Waals surface area (Å²) in [5.41, 5.74) is 1.05. The highest BCUT2D eigenvalue weighted by atomic mass is 32.2. The molecule has 6 heteroatoms. The molecule has 0 aliphatic rings. The average molecular weight is 253 g/mol. The summed E-state index contributed by atoms with van der Waals surface area (Å²) in [5, 5.41) is 0.794. The van der Waals surface area contributed by atoms with Crippen molar-refractivity contribution in [2.45, 2.75) is 5.03 Å². The molecule has 0 spiro atoms. The second kappa shape index (κ2) is 3.89. The van der Waals surface area contributed by atoms with E-state index in [2.05, 4.69) is 9.72 Å². The number of rotatable bonds is 2. The molecule has 0 saturated heterocycles. The van der Waals surface area contributed by atoms with Crippen LogP contribution in [0.25, 0.3) is 10.9 Å². The van der Waals surface area contributed by atoms with E-state index in [9.17, 15) is 13.2 Å². The molecule has 0 fully saturated rings. The minimum atomic E-state index is -3.28. The lowest BCUT2D eigenvalue weighted by molar-refractivity contribution is 0.0601. The van der Waals surface area contributed by atoms with Crippen LogP contribution in [0.2, 0.25) is 0 Å². The first-order valence-electron chi connectivity index (χ1n) is 4.83. The number of benzene rings is 1. The minimum absolute atomic E-state index is 0.134. The molecule has 0 aliphatic carbocycles. The van der Waals surface area contributed by atoms with Gasteiger partial charge < -0.3 is 9.72 Å². The Kier molecular flexibility index (Phi) is 2.66. The van der Waals surface area contributed by atoms with Crippen LogP contribution in [0.1, 0.15) is 10.4 Å². The molecule has 5 nitrogen and oxygen atoms in total. The van der Waals surface area contributed by atoms with Gasteiger partial charge in [-0.25, -0.2) is 13.2 Å². The van der Waals surface area contributed by atoms with Gasteiger partial charge in [0.15, 0.2) is 9.84 Å².